The van der Waals surface area contributed by atoms with Gasteiger partial charge in [-0.2, -0.15) is 0 Å². The van der Waals surface area contributed by atoms with Crippen LogP contribution in [0.15, 0.2) is 109 Å². The Labute approximate surface area is 270 Å². The van der Waals surface area contributed by atoms with Gasteiger partial charge in [0.2, 0.25) is 0 Å². The molecule has 0 aliphatic heterocycles. The predicted octanol–water partition coefficient (Wildman–Crippen LogP) is 4.28. The summed E-state index contributed by atoms with van der Waals surface area (Å²) in [6.07, 6.45) is -0.921. The Bertz CT molecular complexity index is 1780. The maximum absolute atomic E-state index is 13.3. The molecular weight excluding hydrogens is 602 g/mol. The van der Waals surface area contributed by atoms with Crippen molar-refractivity contribution in [3.8, 4) is 5.75 Å². The number of carboxylic acids is 1. The normalized spacial score (nSPS) is 11.3. The lowest BCUT2D eigenvalue weighted by Gasteiger charge is -2.22. The first-order valence-corrected chi connectivity index (χ1v) is 14.8. The van der Waals surface area contributed by atoms with Gasteiger partial charge in [-0.25, -0.2) is 14.6 Å². The van der Waals surface area contributed by atoms with Crippen molar-refractivity contribution in [2.45, 2.75) is 25.7 Å². The number of hydrogen-bond acceptors (Lipinski definition) is 7. The number of imidazole rings is 1. The molecule has 47 heavy (non-hydrogen) atoms. The van der Waals surface area contributed by atoms with E-state index < -0.39 is 24.0 Å². The van der Waals surface area contributed by atoms with Crippen LogP contribution in [-0.4, -0.2) is 63.0 Å². The molecule has 0 spiro atoms. The Hall–Kier alpha value is -6.17. The first-order chi connectivity index (χ1) is 22.8. The minimum atomic E-state index is -1.41. The monoisotopic (exact) mass is 635 g/mol. The average molecular weight is 636 g/mol. The van der Waals surface area contributed by atoms with E-state index in [2.05, 4.69) is 20.6 Å². The SMILES string of the molecule is O=C(NC(CNC(=O)c1ccc(CN(Cc2nc3ccccc3[nH]2)C(=O)COc2ccccc2)cc1)C(=O)O)OCc1ccccc1. The van der Waals surface area contributed by atoms with Crippen LogP contribution in [0.25, 0.3) is 11.0 Å². The van der Waals surface area contributed by atoms with E-state index in [-0.39, 0.29) is 44.3 Å². The van der Waals surface area contributed by atoms with E-state index in [1.54, 1.807) is 65.6 Å². The number of rotatable bonds is 14. The molecule has 240 valence electrons. The summed E-state index contributed by atoms with van der Waals surface area (Å²) in [5.74, 6) is -0.938. The Morgan fingerprint density at radius 1 is 0.809 bits per heavy atom. The summed E-state index contributed by atoms with van der Waals surface area (Å²) in [7, 11) is 0. The predicted molar refractivity (Wildman–Crippen MR) is 172 cm³/mol. The second-order valence-electron chi connectivity index (χ2n) is 10.6. The Morgan fingerprint density at radius 2 is 1.49 bits per heavy atom. The van der Waals surface area contributed by atoms with Gasteiger partial charge in [-0.15, -0.1) is 0 Å². The van der Waals surface area contributed by atoms with Gasteiger partial charge in [0.25, 0.3) is 11.8 Å². The van der Waals surface area contributed by atoms with Gasteiger partial charge in [0.15, 0.2) is 6.61 Å². The third-order valence-corrected chi connectivity index (χ3v) is 7.10. The van der Waals surface area contributed by atoms with Crippen LogP contribution >= 0.6 is 0 Å². The molecule has 0 saturated carbocycles. The fourth-order valence-electron chi connectivity index (χ4n) is 4.63. The molecule has 4 N–H and O–H groups in total. The maximum Gasteiger partial charge on any atom is 0.408 e. The molecule has 0 fully saturated rings. The molecule has 1 unspecified atom stereocenters. The Kier molecular flexibility index (Phi) is 10.8. The molecule has 12 heteroatoms. The number of para-hydroxylation sites is 3. The van der Waals surface area contributed by atoms with E-state index in [0.29, 0.717) is 11.6 Å². The molecule has 0 radical (unpaired) electrons. The van der Waals surface area contributed by atoms with E-state index in [1.807, 2.05) is 48.5 Å². The van der Waals surface area contributed by atoms with Gasteiger partial charge in [0, 0.05) is 18.7 Å². The van der Waals surface area contributed by atoms with Crippen molar-refractivity contribution in [1.29, 1.82) is 0 Å². The third-order valence-electron chi connectivity index (χ3n) is 7.10. The summed E-state index contributed by atoms with van der Waals surface area (Å²) in [6.45, 7) is -0.156. The van der Waals surface area contributed by atoms with Crippen molar-refractivity contribution in [2.24, 2.45) is 0 Å². The quantitative estimate of drug-likeness (QED) is 0.141. The van der Waals surface area contributed by atoms with E-state index >= 15 is 0 Å². The van der Waals surface area contributed by atoms with Crippen LogP contribution in [0.2, 0.25) is 0 Å². The highest BCUT2D eigenvalue weighted by Gasteiger charge is 2.22. The molecule has 1 atom stereocenters. The van der Waals surface area contributed by atoms with Crippen molar-refractivity contribution >= 4 is 34.9 Å². The lowest BCUT2D eigenvalue weighted by atomic mass is 10.1. The number of aliphatic carboxylic acids is 1. The molecule has 12 nitrogen and oxygen atoms in total. The van der Waals surface area contributed by atoms with Crippen LogP contribution in [0, 0.1) is 0 Å². The molecule has 0 aliphatic rings. The summed E-state index contributed by atoms with van der Waals surface area (Å²) in [5, 5.41) is 14.3. The summed E-state index contributed by atoms with van der Waals surface area (Å²) in [6, 6.07) is 30.7. The van der Waals surface area contributed by atoms with Crippen molar-refractivity contribution in [3.05, 3.63) is 132 Å². The van der Waals surface area contributed by atoms with Crippen LogP contribution in [-0.2, 0) is 34.0 Å². The van der Waals surface area contributed by atoms with Gasteiger partial charge in [-0.05, 0) is 47.5 Å². The van der Waals surface area contributed by atoms with Crippen molar-refractivity contribution in [3.63, 3.8) is 0 Å². The Morgan fingerprint density at radius 3 is 2.19 bits per heavy atom. The highest BCUT2D eigenvalue weighted by Crippen LogP contribution is 2.16. The lowest BCUT2D eigenvalue weighted by Crippen LogP contribution is -2.48. The first kappa shape index (κ1) is 32.2. The standard InChI is InChI=1S/C35H33N5O7/c41-32(23-46-27-11-5-2-6-12-27)40(21-31-37-28-13-7-8-14-29(28)38-31)20-24-15-17-26(18-16-24)33(42)36-19-30(34(43)44)39-35(45)47-22-25-9-3-1-4-10-25/h1-18,30H,19-23H2,(H,36,42)(H,37,38)(H,39,45)(H,43,44). The van der Waals surface area contributed by atoms with E-state index in [0.717, 1.165) is 22.2 Å². The number of benzene rings is 4. The highest BCUT2D eigenvalue weighted by atomic mass is 16.5. The van der Waals surface area contributed by atoms with Crippen LogP contribution in [0.3, 0.4) is 0 Å². The van der Waals surface area contributed by atoms with Crippen LogP contribution in [0.1, 0.15) is 27.3 Å². The second kappa shape index (κ2) is 15.7. The van der Waals surface area contributed by atoms with Gasteiger partial charge >= 0.3 is 12.1 Å². The number of H-pyrrole nitrogens is 1. The summed E-state index contributed by atoms with van der Waals surface area (Å²) >= 11 is 0. The second-order valence-corrected chi connectivity index (χ2v) is 10.6. The lowest BCUT2D eigenvalue weighted by molar-refractivity contribution is -0.139. The van der Waals surface area contributed by atoms with Gasteiger partial charge in [0.05, 0.1) is 17.6 Å². The van der Waals surface area contributed by atoms with E-state index in [1.165, 1.54) is 0 Å². The number of ether oxygens (including phenoxy) is 2. The topological polar surface area (TPSA) is 163 Å². The largest absolute Gasteiger partial charge is 0.484 e. The van der Waals surface area contributed by atoms with Gasteiger partial charge < -0.3 is 35.1 Å². The average Bonchev–Trinajstić information content (AvgIpc) is 3.51. The smallest absolute Gasteiger partial charge is 0.408 e. The van der Waals surface area contributed by atoms with E-state index in [4.69, 9.17) is 9.47 Å². The highest BCUT2D eigenvalue weighted by molar-refractivity contribution is 5.94. The molecule has 5 rings (SSSR count). The zero-order chi connectivity index (χ0) is 33.0. The van der Waals surface area contributed by atoms with E-state index in [9.17, 15) is 24.3 Å². The Balaban J connectivity index is 1.18. The minimum absolute atomic E-state index is 0.0287. The molecule has 1 aromatic heterocycles. The molecule has 0 bridgehead atoms. The number of carbonyl (C=O) groups excluding carboxylic acids is 3. The fraction of sp³-hybridized carbons (Fsp3) is 0.171. The molecule has 5 aromatic rings. The number of hydrogen-bond donors (Lipinski definition) is 4. The number of alkyl carbamates (subject to hydrolysis) is 1. The number of carboxylic acid groups (broad SMARTS) is 1. The molecule has 3 amide bonds. The summed E-state index contributed by atoms with van der Waals surface area (Å²) in [5.41, 5.74) is 3.41. The molecule has 4 aromatic carbocycles. The van der Waals surface area contributed by atoms with Gasteiger partial charge in [-0.3, -0.25) is 9.59 Å². The molecular formula is C35H33N5O7. The third kappa shape index (κ3) is 9.41. The van der Waals surface area contributed by atoms with Crippen molar-refractivity contribution < 1.29 is 33.8 Å². The fourth-order valence-corrected chi connectivity index (χ4v) is 4.63. The number of nitrogens with zero attached hydrogens (tertiary/aromatic N) is 2. The van der Waals surface area contributed by atoms with Crippen LogP contribution in [0.4, 0.5) is 4.79 Å². The number of aromatic nitrogens is 2. The van der Waals surface area contributed by atoms with Crippen LogP contribution in [0.5, 0.6) is 5.75 Å². The summed E-state index contributed by atoms with van der Waals surface area (Å²) < 4.78 is 10.8. The van der Waals surface area contributed by atoms with Crippen molar-refractivity contribution in [1.82, 2.24) is 25.5 Å². The number of nitrogens with one attached hydrogen (secondary N) is 3. The first-order valence-electron chi connectivity index (χ1n) is 14.8. The van der Waals surface area contributed by atoms with Gasteiger partial charge in [-0.1, -0.05) is 72.8 Å². The molecule has 0 saturated heterocycles. The van der Waals surface area contributed by atoms with Crippen molar-refractivity contribution in [2.75, 3.05) is 13.2 Å². The molecule has 0 aliphatic carbocycles. The number of carbonyl (C=O) groups is 4. The number of fused-ring (bicyclic) bond motifs is 1. The zero-order valence-electron chi connectivity index (χ0n) is 25.3. The zero-order valence-corrected chi connectivity index (χ0v) is 25.3. The molecule has 1 heterocycles. The number of aromatic amines is 1. The maximum atomic E-state index is 13.3. The minimum Gasteiger partial charge on any atom is -0.484 e. The summed E-state index contributed by atoms with van der Waals surface area (Å²) in [4.78, 5) is 59.4. The number of amides is 3. The van der Waals surface area contributed by atoms with Crippen LogP contribution < -0.4 is 15.4 Å². The van der Waals surface area contributed by atoms with Gasteiger partial charge in [0.1, 0.15) is 24.2 Å².